The predicted octanol–water partition coefficient (Wildman–Crippen LogP) is 6.94. The summed E-state index contributed by atoms with van der Waals surface area (Å²) in [5.74, 6) is -1.90. The fraction of sp³-hybridized carbons (Fsp3) is 0.111. The predicted molar refractivity (Wildman–Crippen MR) is 218 cm³/mol. The molecular weight excluding hydrogens is 705 g/mol. The average molecular weight is 743 g/mol. The van der Waals surface area contributed by atoms with Gasteiger partial charge in [-0.25, -0.2) is 4.68 Å². The van der Waals surface area contributed by atoms with Gasteiger partial charge in [0.1, 0.15) is 17.8 Å². The Bertz CT molecular complexity index is 2810. The van der Waals surface area contributed by atoms with E-state index in [1.807, 2.05) is 122 Å². The molecule has 0 aliphatic rings. The normalized spacial score (nSPS) is 12.8. The molecule has 0 spiro atoms. The van der Waals surface area contributed by atoms with Crippen molar-refractivity contribution in [2.75, 3.05) is 7.11 Å². The lowest BCUT2D eigenvalue weighted by molar-refractivity contribution is -0.142. The monoisotopic (exact) mass is 742 g/mol. The van der Waals surface area contributed by atoms with Crippen LogP contribution in [0.5, 0.6) is 0 Å². The van der Waals surface area contributed by atoms with Gasteiger partial charge in [0.25, 0.3) is 5.91 Å². The number of aromatic nitrogens is 4. The molecule has 8 aromatic rings. The molecule has 11 heteroatoms. The summed E-state index contributed by atoms with van der Waals surface area (Å²) in [5, 5.41) is 18.5. The Morgan fingerprint density at radius 2 is 1.36 bits per heavy atom. The molecule has 3 aromatic heterocycles. The molecule has 8 rings (SSSR count). The molecule has 3 heterocycles. The molecule has 0 aliphatic heterocycles. The average Bonchev–Trinajstić information content (AvgIpc) is 3.93. The first-order valence-electron chi connectivity index (χ1n) is 18.1. The molecule has 5 aromatic carbocycles. The maximum Gasteiger partial charge on any atom is 0.322 e. The van der Waals surface area contributed by atoms with Crippen LogP contribution in [-0.4, -0.2) is 61.1 Å². The van der Waals surface area contributed by atoms with Gasteiger partial charge >= 0.3 is 11.9 Å². The molecular formula is C45H38N6O5. The number of methoxy groups -OCH3 is 1. The molecule has 2 atom stereocenters. The fourth-order valence-corrected chi connectivity index (χ4v) is 7.37. The fourth-order valence-electron chi connectivity index (χ4n) is 7.37. The highest BCUT2D eigenvalue weighted by atomic mass is 16.5. The van der Waals surface area contributed by atoms with Crippen molar-refractivity contribution in [2.45, 2.75) is 24.9 Å². The highest BCUT2D eigenvalue weighted by Crippen LogP contribution is 2.39. The summed E-state index contributed by atoms with van der Waals surface area (Å²) < 4.78 is 10.3. The molecule has 0 fully saturated rings. The van der Waals surface area contributed by atoms with Gasteiger partial charge in [0.15, 0.2) is 0 Å². The van der Waals surface area contributed by atoms with Gasteiger partial charge in [-0.15, -0.1) is 0 Å². The number of fused-ring (bicyclic) bond motifs is 3. The van der Waals surface area contributed by atoms with Gasteiger partial charge in [-0.1, -0.05) is 84.9 Å². The van der Waals surface area contributed by atoms with E-state index in [9.17, 15) is 19.5 Å². The van der Waals surface area contributed by atoms with E-state index >= 15 is 0 Å². The second-order valence-corrected chi connectivity index (χ2v) is 13.6. The zero-order valence-electron chi connectivity index (χ0n) is 30.4. The molecule has 0 bridgehead atoms. The lowest BCUT2D eigenvalue weighted by Gasteiger charge is -2.15. The zero-order valence-corrected chi connectivity index (χ0v) is 30.4. The standard InChI is InChI=1S/C45H38N6O5/c1-56-45(55)37(47)24-31-26-50(39-18-10-8-15-34(31)39)41(52)22-20-29-27-51(32-12-3-2-4-13-32)48-43(29)42-35-16-6-5-11-28(35)19-21-40(42)49-25-30(23-36(46)44(53)54)33-14-7-9-17-38(33)49/h2-22,25-27,36-37H,23-24,46-47H2,1H3,(H,53,54)/b22-20+. The minimum absolute atomic E-state index is 0.148. The number of carboxylic acid groups (broad SMARTS) is 1. The number of nitrogens with zero attached hydrogens (tertiary/aromatic N) is 4. The third kappa shape index (κ3) is 6.66. The van der Waals surface area contributed by atoms with Crippen molar-refractivity contribution in [2.24, 2.45) is 11.5 Å². The SMILES string of the molecule is COC(=O)C(N)Cc1cn(C(=O)/C=C/c2cn(-c3ccccc3)nc2-c2c(-n3cc(CC(N)C(=O)O)c4ccccc43)ccc3ccccc23)c2ccccc12. The number of nitrogens with two attached hydrogens (primary N) is 2. The summed E-state index contributed by atoms with van der Waals surface area (Å²) in [6.07, 6.45) is 9.22. The first-order chi connectivity index (χ1) is 27.2. The summed E-state index contributed by atoms with van der Waals surface area (Å²) in [7, 11) is 1.30. The van der Waals surface area contributed by atoms with Gasteiger partial charge in [0, 0.05) is 59.4 Å². The number of carboxylic acids is 1. The van der Waals surface area contributed by atoms with E-state index < -0.39 is 24.0 Å². The molecule has 11 nitrogen and oxygen atoms in total. The number of hydrogen-bond acceptors (Lipinski definition) is 7. The van der Waals surface area contributed by atoms with Crippen LogP contribution in [0.1, 0.15) is 21.5 Å². The zero-order chi connectivity index (χ0) is 38.9. The second kappa shape index (κ2) is 15.0. The maximum atomic E-state index is 14.1. The molecule has 0 saturated heterocycles. The summed E-state index contributed by atoms with van der Waals surface area (Å²) in [4.78, 5) is 38.1. The number of benzene rings is 5. The van der Waals surface area contributed by atoms with Crippen LogP contribution in [-0.2, 0) is 27.2 Å². The van der Waals surface area contributed by atoms with E-state index in [2.05, 4.69) is 10.6 Å². The largest absolute Gasteiger partial charge is 0.480 e. The number of carbonyl (C=O) groups is 3. The summed E-state index contributed by atoms with van der Waals surface area (Å²) in [6, 6.07) is 35.3. The van der Waals surface area contributed by atoms with Crippen molar-refractivity contribution >= 4 is 56.5 Å². The number of esters is 1. The smallest absolute Gasteiger partial charge is 0.322 e. The van der Waals surface area contributed by atoms with Crippen LogP contribution in [0.2, 0.25) is 0 Å². The molecule has 56 heavy (non-hydrogen) atoms. The number of aliphatic carboxylic acids is 1. The lowest BCUT2D eigenvalue weighted by atomic mass is 9.97. The first-order valence-corrected chi connectivity index (χ1v) is 18.1. The van der Waals surface area contributed by atoms with Crippen LogP contribution in [0.15, 0.2) is 140 Å². The van der Waals surface area contributed by atoms with Crippen molar-refractivity contribution in [1.29, 1.82) is 0 Å². The molecule has 278 valence electrons. The minimum atomic E-state index is -1.07. The Kier molecular flexibility index (Phi) is 9.61. The summed E-state index contributed by atoms with van der Waals surface area (Å²) >= 11 is 0. The van der Waals surface area contributed by atoms with Crippen molar-refractivity contribution in [3.63, 3.8) is 0 Å². The Hall–Kier alpha value is -7.08. The van der Waals surface area contributed by atoms with Crippen molar-refractivity contribution in [1.82, 2.24) is 18.9 Å². The van der Waals surface area contributed by atoms with E-state index in [1.165, 1.54) is 13.2 Å². The third-order valence-corrected chi connectivity index (χ3v) is 10.1. The van der Waals surface area contributed by atoms with Gasteiger partial charge in [0.2, 0.25) is 0 Å². The Morgan fingerprint density at radius 3 is 2.09 bits per heavy atom. The summed E-state index contributed by atoms with van der Waals surface area (Å²) in [6.45, 7) is 0. The van der Waals surface area contributed by atoms with E-state index in [0.29, 0.717) is 16.8 Å². The lowest BCUT2D eigenvalue weighted by Crippen LogP contribution is -2.33. The molecule has 0 saturated carbocycles. The van der Waals surface area contributed by atoms with Gasteiger partial charge in [0.05, 0.1) is 29.5 Å². The second-order valence-electron chi connectivity index (χ2n) is 13.6. The number of ether oxygens (including phenoxy) is 1. The third-order valence-electron chi connectivity index (χ3n) is 10.1. The maximum absolute atomic E-state index is 14.1. The van der Waals surface area contributed by atoms with Crippen LogP contribution in [0.4, 0.5) is 0 Å². The topological polar surface area (TPSA) is 160 Å². The van der Waals surface area contributed by atoms with E-state index in [1.54, 1.807) is 21.5 Å². The highest BCUT2D eigenvalue weighted by Gasteiger charge is 2.23. The van der Waals surface area contributed by atoms with Gasteiger partial charge in [-0.3, -0.25) is 19.0 Å². The Balaban J connectivity index is 1.30. The van der Waals surface area contributed by atoms with Crippen molar-refractivity contribution < 1.29 is 24.2 Å². The molecule has 0 aliphatic carbocycles. The van der Waals surface area contributed by atoms with Gasteiger partial charge < -0.3 is 25.9 Å². The van der Waals surface area contributed by atoms with Crippen LogP contribution in [0.25, 0.3) is 61.3 Å². The first kappa shape index (κ1) is 35.9. The summed E-state index contributed by atoms with van der Waals surface area (Å²) in [5.41, 5.74) is 19.1. The van der Waals surface area contributed by atoms with Crippen LogP contribution in [0.3, 0.4) is 0 Å². The van der Waals surface area contributed by atoms with E-state index in [0.717, 1.165) is 55.1 Å². The molecule has 0 amide bonds. The number of allylic oxidation sites excluding steroid dienone is 1. The number of para-hydroxylation sites is 3. The molecule has 5 N–H and O–H groups in total. The van der Waals surface area contributed by atoms with Crippen LogP contribution >= 0.6 is 0 Å². The Morgan fingerprint density at radius 1 is 0.732 bits per heavy atom. The Labute approximate surface area is 321 Å². The van der Waals surface area contributed by atoms with E-state index in [4.69, 9.17) is 21.3 Å². The van der Waals surface area contributed by atoms with E-state index in [-0.39, 0.29) is 18.7 Å². The quantitative estimate of drug-likeness (QED) is 0.0949. The van der Waals surface area contributed by atoms with Gasteiger partial charge in [-0.2, -0.15) is 5.10 Å². The minimum Gasteiger partial charge on any atom is -0.480 e. The van der Waals surface area contributed by atoms with Gasteiger partial charge in [-0.05, 0) is 58.3 Å². The van der Waals surface area contributed by atoms with Crippen molar-refractivity contribution in [3.05, 3.63) is 157 Å². The number of rotatable bonds is 11. The highest BCUT2D eigenvalue weighted by molar-refractivity contribution is 6.05. The van der Waals surface area contributed by atoms with Crippen LogP contribution < -0.4 is 11.5 Å². The van der Waals surface area contributed by atoms with Crippen LogP contribution in [0, 0.1) is 0 Å². The molecule has 2 unspecified atom stereocenters. The van der Waals surface area contributed by atoms with Crippen molar-refractivity contribution in [3.8, 4) is 22.6 Å². The molecule has 0 radical (unpaired) electrons. The number of carbonyl (C=O) groups excluding carboxylic acids is 2. The number of hydrogen-bond donors (Lipinski definition) is 3.